The molecule has 1 aliphatic heterocycles. The zero-order chi connectivity index (χ0) is 17.2. The first-order chi connectivity index (χ1) is 12.3. The molecular formula is C19H18N4O2. The summed E-state index contributed by atoms with van der Waals surface area (Å²) in [7, 11) is 1.39. The highest BCUT2D eigenvalue weighted by molar-refractivity contribution is 5.92. The van der Waals surface area contributed by atoms with Gasteiger partial charge in [0.2, 0.25) is 0 Å². The molecule has 4 rings (SSSR count). The molecule has 1 aromatic carbocycles. The Labute approximate surface area is 145 Å². The highest BCUT2D eigenvalue weighted by Gasteiger charge is 2.28. The molecule has 6 heteroatoms. The predicted molar refractivity (Wildman–Crippen MR) is 95.3 cm³/mol. The van der Waals surface area contributed by atoms with Crippen LogP contribution in [-0.4, -0.2) is 22.9 Å². The van der Waals surface area contributed by atoms with Gasteiger partial charge in [-0.25, -0.2) is 4.79 Å². The molecule has 126 valence electrons. The number of carbonyl (C=O) groups excluding carboxylic acids is 1. The van der Waals surface area contributed by atoms with Crippen LogP contribution in [0.25, 0.3) is 0 Å². The summed E-state index contributed by atoms with van der Waals surface area (Å²) in [6.07, 6.45) is 5.05. The molecule has 3 heterocycles. The third-order valence-electron chi connectivity index (χ3n) is 4.31. The Morgan fingerprint density at radius 2 is 1.96 bits per heavy atom. The number of hydrogen-bond donors (Lipinski definition) is 0. The molecule has 0 N–H and O–H groups in total. The van der Waals surface area contributed by atoms with E-state index in [0.717, 1.165) is 17.1 Å². The molecule has 25 heavy (non-hydrogen) atoms. The van der Waals surface area contributed by atoms with Crippen LogP contribution in [0.2, 0.25) is 0 Å². The fourth-order valence-corrected chi connectivity index (χ4v) is 3.13. The number of aromatic nitrogens is 2. The average Bonchev–Trinajstić information content (AvgIpc) is 3.08. The van der Waals surface area contributed by atoms with E-state index in [1.807, 2.05) is 42.6 Å². The maximum absolute atomic E-state index is 12.3. The van der Waals surface area contributed by atoms with Crippen LogP contribution >= 0.6 is 0 Å². The Bertz CT molecular complexity index is 891. The highest BCUT2D eigenvalue weighted by atomic mass is 16.5. The Balaban J connectivity index is 1.85. The second-order valence-electron chi connectivity index (χ2n) is 5.81. The van der Waals surface area contributed by atoms with Crippen molar-refractivity contribution in [2.75, 3.05) is 17.0 Å². The largest absolute Gasteiger partial charge is 0.452 e. The molecule has 0 saturated carbocycles. The SMILES string of the molecule is COC(=O)N1Cc2cccn2N(Cc2ccccc2)c2ccncc21. The number of fused-ring (bicyclic) bond motifs is 2. The van der Waals surface area contributed by atoms with Gasteiger partial charge < -0.3 is 4.74 Å². The van der Waals surface area contributed by atoms with E-state index in [2.05, 4.69) is 26.8 Å². The number of ether oxygens (including phenoxy) is 1. The second kappa shape index (κ2) is 6.32. The van der Waals surface area contributed by atoms with Gasteiger partial charge in [0.1, 0.15) is 0 Å². The zero-order valence-electron chi connectivity index (χ0n) is 13.9. The van der Waals surface area contributed by atoms with E-state index in [9.17, 15) is 4.79 Å². The summed E-state index contributed by atoms with van der Waals surface area (Å²) in [5, 5.41) is 2.14. The van der Waals surface area contributed by atoms with Crippen molar-refractivity contribution < 1.29 is 9.53 Å². The molecule has 2 aromatic heterocycles. The number of methoxy groups -OCH3 is 1. The summed E-state index contributed by atoms with van der Waals surface area (Å²) in [6, 6.07) is 16.1. The van der Waals surface area contributed by atoms with Crippen LogP contribution in [0.1, 0.15) is 11.3 Å². The molecule has 1 amide bonds. The summed E-state index contributed by atoms with van der Waals surface area (Å²) in [4.78, 5) is 18.1. The van der Waals surface area contributed by atoms with Crippen LogP contribution in [0, 0.1) is 0 Å². The average molecular weight is 334 g/mol. The molecule has 0 atom stereocenters. The molecule has 0 aliphatic carbocycles. The summed E-state index contributed by atoms with van der Waals surface area (Å²) in [6.45, 7) is 1.10. The minimum atomic E-state index is -0.399. The highest BCUT2D eigenvalue weighted by Crippen LogP contribution is 2.35. The van der Waals surface area contributed by atoms with Crippen molar-refractivity contribution >= 4 is 17.5 Å². The van der Waals surface area contributed by atoms with E-state index < -0.39 is 6.09 Å². The van der Waals surface area contributed by atoms with Crippen LogP contribution < -0.4 is 9.91 Å². The van der Waals surface area contributed by atoms with E-state index >= 15 is 0 Å². The number of amides is 1. The summed E-state index contributed by atoms with van der Waals surface area (Å²) < 4.78 is 7.06. The van der Waals surface area contributed by atoms with Crippen molar-refractivity contribution in [2.24, 2.45) is 0 Å². The van der Waals surface area contributed by atoms with Gasteiger partial charge in [0.15, 0.2) is 0 Å². The molecule has 0 fully saturated rings. The van der Waals surface area contributed by atoms with E-state index in [-0.39, 0.29) is 0 Å². The maximum Gasteiger partial charge on any atom is 0.414 e. The Morgan fingerprint density at radius 1 is 1.12 bits per heavy atom. The van der Waals surface area contributed by atoms with Gasteiger partial charge in [0.25, 0.3) is 0 Å². The van der Waals surface area contributed by atoms with Gasteiger partial charge in [-0.2, -0.15) is 0 Å². The monoisotopic (exact) mass is 334 g/mol. The maximum atomic E-state index is 12.3. The summed E-state index contributed by atoms with van der Waals surface area (Å²) in [5.74, 6) is 0. The van der Waals surface area contributed by atoms with Gasteiger partial charge >= 0.3 is 6.09 Å². The standard InChI is InChI=1S/C19H18N4O2/c1-25-19(24)21-14-16-8-5-11-22(16)23(13-15-6-3-2-4-7-15)17-9-10-20-12-18(17)21/h2-12H,13-14H2,1H3. The van der Waals surface area contributed by atoms with Crippen molar-refractivity contribution in [3.8, 4) is 0 Å². The minimum Gasteiger partial charge on any atom is -0.452 e. The van der Waals surface area contributed by atoms with Crippen molar-refractivity contribution in [3.63, 3.8) is 0 Å². The smallest absolute Gasteiger partial charge is 0.414 e. The van der Waals surface area contributed by atoms with Crippen molar-refractivity contribution in [3.05, 3.63) is 78.4 Å². The Morgan fingerprint density at radius 3 is 2.76 bits per heavy atom. The fourth-order valence-electron chi connectivity index (χ4n) is 3.13. The lowest BCUT2D eigenvalue weighted by Gasteiger charge is -2.27. The van der Waals surface area contributed by atoms with E-state index in [0.29, 0.717) is 13.1 Å². The number of benzene rings is 1. The van der Waals surface area contributed by atoms with Crippen LogP contribution in [0.3, 0.4) is 0 Å². The number of rotatable bonds is 2. The number of pyridine rings is 1. The van der Waals surface area contributed by atoms with Crippen LogP contribution in [-0.2, 0) is 17.8 Å². The lowest BCUT2D eigenvalue weighted by molar-refractivity contribution is 0.178. The van der Waals surface area contributed by atoms with Gasteiger partial charge in [-0.05, 0) is 23.8 Å². The van der Waals surface area contributed by atoms with Gasteiger partial charge in [-0.3, -0.25) is 19.6 Å². The second-order valence-corrected chi connectivity index (χ2v) is 5.81. The molecule has 0 saturated heterocycles. The molecule has 6 nitrogen and oxygen atoms in total. The topological polar surface area (TPSA) is 50.6 Å². The number of carbonyl (C=O) groups is 1. The Kier molecular flexibility index (Phi) is 3.85. The summed E-state index contributed by atoms with van der Waals surface area (Å²) in [5.41, 5.74) is 3.81. The molecule has 0 unspecified atom stereocenters. The third kappa shape index (κ3) is 2.71. The molecule has 0 bridgehead atoms. The van der Waals surface area contributed by atoms with Crippen molar-refractivity contribution in [1.29, 1.82) is 0 Å². The van der Waals surface area contributed by atoms with Crippen LogP contribution in [0.4, 0.5) is 16.2 Å². The first-order valence-corrected chi connectivity index (χ1v) is 8.05. The van der Waals surface area contributed by atoms with Gasteiger partial charge in [-0.1, -0.05) is 30.3 Å². The number of hydrogen-bond acceptors (Lipinski definition) is 4. The van der Waals surface area contributed by atoms with Crippen LogP contribution in [0.15, 0.2) is 67.1 Å². The van der Waals surface area contributed by atoms with Gasteiger partial charge in [0.05, 0.1) is 43.5 Å². The predicted octanol–water partition coefficient (Wildman–Crippen LogP) is 3.44. The lowest BCUT2D eigenvalue weighted by atomic mass is 10.2. The van der Waals surface area contributed by atoms with E-state index in [1.165, 1.54) is 12.7 Å². The molecule has 0 spiro atoms. The normalized spacial score (nSPS) is 13.0. The van der Waals surface area contributed by atoms with Crippen LogP contribution in [0.5, 0.6) is 0 Å². The van der Waals surface area contributed by atoms with Crippen molar-refractivity contribution in [2.45, 2.75) is 13.1 Å². The third-order valence-corrected chi connectivity index (χ3v) is 4.31. The molecule has 0 radical (unpaired) electrons. The first kappa shape index (κ1) is 15.3. The lowest BCUT2D eigenvalue weighted by Crippen LogP contribution is -2.30. The number of anilines is 2. The van der Waals surface area contributed by atoms with E-state index in [4.69, 9.17) is 4.74 Å². The van der Waals surface area contributed by atoms with Gasteiger partial charge in [0, 0.05) is 12.4 Å². The fraction of sp³-hybridized carbons (Fsp3) is 0.158. The number of nitrogens with zero attached hydrogens (tertiary/aromatic N) is 4. The minimum absolute atomic E-state index is 0.399. The zero-order valence-corrected chi connectivity index (χ0v) is 13.9. The van der Waals surface area contributed by atoms with E-state index in [1.54, 1.807) is 17.3 Å². The van der Waals surface area contributed by atoms with Crippen molar-refractivity contribution in [1.82, 2.24) is 9.66 Å². The summed E-state index contributed by atoms with van der Waals surface area (Å²) >= 11 is 0. The Hall–Kier alpha value is -3.28. The van der Waals surface area contributed by atoms with Gasteiger partial charge in [-0.15, -0.1) is 0 Å². The molecule has 1 aliphatic rings. The molecular weight excluding hydrogens is 316 g/mol. The quantitative estimate of drug-likeness (QED) is 0.720. The molecule has 3 aromatic rings. The first-order valence-electron chi connectivity index (χ1n) is 8.05.